The Bertz CT molecular complexity index is 801. The molecule has 1 aliphatic carbocycles. The molecular formula is C21H20O2. The molecule has 2 aromatic carbocycles. The van der Waals surface area contributed by atoms with Crippen molar-refractivity contribution in [3.05, 3.63) is 76.4 Å². The Morgan fingerprint density at radius 2 is 1.65 bits per heavy atom. The summed E-state index contributed by atoms with van der Waals surface area (Å²) in [5.74, 6) is 1.08. The van der Waals surface area contributed by atoms with Crippen LogP contribution in [0.4, 0.5) is 0 Å². The van der Waals surface area contributed by atoms with Crippen LogP contribution < -0.4 is 0 Å². The maximum Gasteiger partial charge on any atom is 0.129 e. The van der Waals surface area contributed by atoms with E-state index < -0.39 is 0 Å². The third-order valence-corrected chi connectivity index (χ3v) is 5.53. The van der Waals surface area contributed by atoms with Gasteiger partial charge in [0.2, 0.25) is 0 Å². The maximum absolute atomic E-state index is 6.45. The quantitative estimate of drug-likeness (QED) is 0.687. The number of hydrogen-bond acceptors (Lipinski definition) is 2. The molecule has 0 bridgehead atoms. The third-order valence-electron chi connectivity index (χ3n) is 5.53. The van der Waals surface area contributed by atoms with Crippen LogP contribution in [0.1, 0.15) is 47.9 Å². The highest BCUT2D eigenvalue weighted by Gasteiger charge is 2.47. The average molecular weight is 304 g/mol. The molecule has 1 atom stereocenters. The smallest absolute Gasteiger partial charge is 0.129 e. The van der Waals surface area contributed by atoms with Gasteiger partial charge < -0.3 is 9.47 Å². The van der Waals surface area contributed by atoms with Gasteiger partial charge in [-0.2, -0.15) is 0 Å². The van der Waals surface area contributed by atoms with Gasteiger partial charge in [0.05, 0.1) is 6.61 Å². The van der Waals surface area contributed by atoms with Gasteiger partial charge in [-0.3, -0.25) is 0 Å². The summed E-state index contributed by atoms with van der Waals surface area (Å²) in [6, 6.07) is 17.2. The molecule has 2 heterocycles. The predicted molar refractivity (Wildman–Crippen MR) is 89.5 cm³/mol. The van der Waals surface area contributed by atoms with Crippen molar-refractivity contribution in [2.45, 2.75) is 44.5 Å². The van der Waals surface area contributed by atoms with Crippen molar-refractivity contribution in [3.63, 3.8) is 0 Å². The second-order valence-corrected chi connectivity index (χ2v) is 6.73. The molecule has 1 unspecified atom stereocenters. The zero-order valence-corrected chi connectivity index (χ0v) is 13.2. The highest BCUT2D eigenvalue weighted by atomic mass is 16.5. The molecule has 0 radical (unpaired) electrons. The largest absolute Gasteiger partial charge is 0.488 e. The predicted octanol–water partition coefficient (Wildman–Crippen LogP) is 4.93. The molecule has 0 amide bonds. The van der Waals surface area contributed by atoms with E-state index in [-0.39, 0.29) is 5.60 Å². The molecule has 2 aromatic rings. The van der Waals surface area contributed by atoms with Gasteiger partial charge in [-0.05, 0) is 36.8 Å². The maximum atomic E-state index is 6.45. The molecule has 0 saturated heterocycles. The normalized spacial score (nSPS) is 28.5. The van der Waals surface area contributed by atoms with Gasteiger partial charge in [-0.25, -0.2) is 0 Å². The second-order valence-electron chi connectivity index (χ2n) is 6.73. The Balaban J connectivity index is 1.73. The number of hydrogen-bond donors (Lipinski definition) is 0. The number of fused-ring (bicyclic) bond motifs is 3. The third kappa shape index (κ3) is 1.85. The lowest BCUT2D eigenvalue weighted by atomic mass is 9.74. The average Bonchev–Trinajstić information content (AvgIpc) is 3.19. The molecule has 0 N–H and O–H groups in total. The minimum atomic E-state index is -0.262. The Kier molecular flexibility index (Phi) is 2.89. The standard InChI is InChI=1S/C21H20O2/c1-3-9-17-15(7-1)13-22-20(17)19-11-5-6-12-21(19)18-10-4-2-8-16(18)14-23-21/h1-4,7-10H,5-6,11-14H2/b20-19-. The molecule has 5 rings (SSSR count). The minimum Gasteiger partial charge on any atom is -0.488 e. The summed E-state index contributed by atoms with van der Waals surface area (Å²) < 4.78 is 12.6. The molecule has 23 heavy (non-hydrogen) atoms. The van der Waals surface area contributed by atoms with E-state index in [9.17, 15) is 0 Å². The van der Waals surface area contributed by atoms with Crippen molar-refractivity contribution in [1.82, 2.24) is 0 Å². The topological polar surface area (TPSA) is 18.5 Å². The summed E-state index contributed by atoms with van der Waals surface area (Å²) in [4.78, 5) is 0. The Morgan fingerprint density at radius 1 is 0.826 bits per heavy atom. The van der Waals surface area contributed by atoms with E-state index in [1.165, 1.54) is 40.7 Å². The van der Waals surface area contributed by atoms with E-state index >= 15 is 0 Å². The fourth-order valence-electron chi connectivity index (χ4n) is 4.45. The summed E-state index contributed by atoms with van der Waals surface area (Å²) >= 11 is 0. The van der Waals surface area contributed by atoms with Crippen LogP contribution in [-0.2, 0) is 28.3 Å². The van der Waals surface area contributed by atoms with Gasteiger partial charge in [-0.1, -0.05) is 48.5 Å². The van der Waals surface area contributed by atoms with Crippen LogP contribution in [0.25, 0.3) is 5.76 Å². The summed E-state index contributed by atoms with van der Waals surface area (Å²) in [5, 5.41) is 0. The molecule has 116 valence electrons. The number of rotatable bonds is 0. The van der Waals surface area contributed by atoms with Crippen LogP contribution >= 0.6 is 0 Å². The van der Waals surface area contributed by atoms with Crippen molar-refractivity contribution in [2.75, 3.05) is 0 Å². The molecule has 1 spiro atoms. The van der Waals surface area contributed by atoms with Crippen molar-refractivity contribution < 1.29 is 9.47 Å². The monoisotopic (exact) mass is 304 g/mol. The molecule has 0 aromatic heterocycles. The first kappa shape index (κ1) is 13.4. The van der Waals surface area contributed by atoms with E-state index in [2.05, 4.69) is 48.5 Å². The van der Waals surface area contributed by atoms with Crippen LogP contribution in [0.3, 0.4) is 0 Å². The van der Waals surface area contributed by atoms with Gasteiger partial charge in [-0.15, -0.1) is 0 Å². The lowest BCUT2D eigenvalue weighted by molar-refractivity contribution is -0.0275. The highest BCUT2D eigenvalue weighted by molar-refractivity contribution is 5.71. The summed E-state index contributed by atoms with van der Waals surface area (Å²) in [6.45, 7) is 1.40. The molecule has 2 nitrogen and oxygen atoms in total. The van der Waals surface area contributed by atoms with E-state index in [0.717, 1.165) is 18.6 Å². The van der Waals surface area contributed by atoms with E-state index in [1.54, 1.807) is 0 Å². The van der Waals surface area contributed by atoms with Crippen LogP contribution in [0, 0.1) is 0 Å². The van der Waals surface area contributed by atoms with Gasteiger partial charge in [0.15, 0.2) is 0 Å². The lowest BCUT2D eigenvalue weighted by Crippen LogP contribution is -2.32. The second kappa shape index (κ2) is 4.97. The molecule has 2 heteroatoms. The van der Waals surface area contributed by atoms with Crippen LogP contribution in [0.5, 0.6) is 0 Å². The molecular weight excluding hydrogens is 284 g/mol. The van der Waals surface area contributed by atoms with Crippen molar-refractivity contribution >= 4 is 5.76 Å². The summed E-state index contributed by atoms with van der Waals surface area (Å²) in [5.41, 5.74) is 6.34. The Morgan fingerprint density at radius 3 is 2.61 bits per heavy atom. The fourth-order valence-corrected chi connectivity index (χ4v) is 4.45. The van der Waals surface area contributed by atoms with Crippen LogP contribution in [0.2, 0.25) is 0 Å². The van der Waals surface area contributed by atoms with E-state index in [0.29, 0.717) is 13.2 Å². The fraction of sp³-hybridized carbons (Fsp3) is 0.333. The summed E-state index contributed by atoms with van der Waals surface area (Å²) in [7, 11) is 0. The van der Waals surface area contributed by atoms with Gasteiger partial charge >= 0.3 is 0 Å². The van der Waals surface area contributed by atoms with E-state index in [4.69, 9.17) is 9.47 Å². The van der Waals surface area contributed by atoms with Gasteiger partial charge in [0, 0.05) is 16.7 Å². The van der Waals surface area contributed by atoms with Gasteiger partial charge in [0.1, 0.15) is 18.0 Å². The van der Waals surface area contributed by atoms with Gasteiger partial charge in [0.25, 0.3) is 0 Å². The number of benzene rings is 2. The van der Waals surface area contributed by atoms with Crippen LogP contribution in [-0.4, -0.2) is 0 Å². The SMILES string of the molecule is c1ccc2c(c1)CO/C2=C1/CCCCC12OCc1ccccc12. The zero-order valence-electron chi connectivity index (χ0n) is 13.2. The zero-order chi connectivity index (χ0) is 15.3. The molecule has 1 saturated carbocycles. The van der Waals surface area contributed by atoms with Crippen molar-refractivity contribution in [3.8, 4) is 0 Å². The Hall–Kier alpha value is -2.06. The van der Waals surface area contributed by atoms with E-state index in [1.807, 2.05) is 0 Å². The first-order chi connectivity index (χ1) is 11.4. The summed E-state index contributed by atoms with van der Waals surface area (Å²) in [6.07, 6.45) is 4.57. The Labute approximate surface area is 136 Å². The van der Waals surface area contributed by atoms with Crippen molar-refractivity contribution in [1.29, 1.82) is 0 Å². The lowest BCUT2D eigenvalue weighted by Gasteiger charge is -2.37. The van der Waals surface area contributed by atoms with Crippen LogP contribution in [0.15, 0.2) is 54.1 Å². The highest BCUT2D eigenvalue weighted by Crippen LogP contribution is 2.53. The first-order valence-electron chi connectivity index (χ1n) is 8.55. The van der Waals surface area contributed by atoms with Crippen molar-refractivity contribution in [2.24, 2.45) is 0 Å². The first-order valence-corrected chi connectivity index (χ1v) is 8.55. The number of ether oxygens (including phenoxy) is 2. The molecule has 3 aliphatic rings. The molecule has 1 fully saturated rings. The molecule has 2 aliphatic heterocycles. The minimum absolute atomic E-state index is 0.262.